The fourth-order valence-electron chi connectivity index (χ4n) is 5.14. The second-order valence-corrected chi connectivity index (χ2v) is 14.4. The van der Waals surface area contributed by atoms with E-state index in [4.69, 9.17) is 4.74 Å². The number of aliphatic hydroxyl groups excluding tert-OH is 1. The highest BCUT2D eigenvalue weighted by atomic mass is 32.1. The third-order valence-electron chi connectivity index (χ3n) is 7.42. The number of benzene rings is 1. The van der Waals surface area contributed by atoms with Gasteiger partial charge in [-0.2, -0.15) is 0 Å². The minimum atomic E-state index is -0.875. The second kappa shape index (κ2) is 15.1. The molecule has 3 rings (SSSR count). The van der Waals surface area contributed by atoms with Gasteiger partial charge >= 0.3 is 5.97 Å². The number of unbranched alkanes of at least 4 members (excludes halogenated alkanes) is 2. The quantitative estimate of drug-likeness (QED) is 0.232. The average molecular weight is 629 g/mol. The molecule has 0 aliphatic carbocycles. The van der Waals surface area contributed by atoms with E-state index in [1.165, 1.54) is 4.90 Å². The lowest BCUT2D eigenvalue weighted by Crippen LogP contribution is -2.57. The number of esters is 1. The number of nitrogens with one attached hydrogen (secondary N) is 2. The zero-order chi connectivity index (χ0) is 32.7. The Hall–Kier alpha value is -3.31. The highest BCUT2D eigenvalue weighted by Crippen LogP contribution is 2.28. The molecule has 44 heavy (non-hydrogen) atoms. The normalized spacial score (nSPS) is 17.7. The van der Waals surface area contributed by atoms with E-state index in [9.17, 15) is 24.3 Å². The monoisotopic (exact) mass is 628 g/mol. The molecule has 1 aromatic carbocycles. The predicted octanol–water partition coefficient (Wildman–Crippen LogP) is 4.52. The maximum atomic E-state index is 13.8. The van der Waals surface area contributed by atoms with Crippen molar-refractivity contribution in [2.24, 2.45) is 5.41 Å². The Kier molecular flexibility index (Phi) is 12.1. The smallest absolute Gasteiger partial charge is 0.306 e. The molecule has 1 saturated heterocycles. The van der Waals surface area contributed by atoms with E-state index in [0.29, 0.717) is 25.7 Å². The molecule has 3 amide bonds. The standard InChI is InChI=1S/C33H48N4O6S/c1-21-28(44-20-35-21)23-15-13-22(14-16-23)18-34-30(41)25-17-24(38)19-37(25)31(42)29(32(2,3)4)36-26(39)11-9-8-10-12-27(40)43-33(5,6)7/h13-16,20,24-25,29,38H,8-12,17-19H2,1-7H3,(H,34,41)(H,36,39). The van der Waals surface area contributed by atoms with Gasteiger partial charge in [-0.05, 0) is 57.1 Å². The van der Waals surface area contributed by atoms with Gasteiger partial charge in [0.05, 0.1) is 22.2 Å². The molecular weight excluding hydrogens is 580 g/mol. The van der Waals surface area contributed by atoms with Crippen molar-refractivity contribution in [2.45, 2.75) is 117 Å². The Morgan fingerprint density at radius 1 is 1.05 bits per heavy atom. The predicted molar refractivity (Wildman–Crippen MR) is 171 cm³/mol. The molecule has 3 atom stereocenters. The molecule has 0 bridgehead atoms. The molecule has 1 aliphatic rings. The van der Waals surface area contributed by atoms with E-state index in [1.807, 2.05) is 78.2 Å². The number of carbonyl (C=O) groups is 4. The van der Waals surface area contributed by atoms with Crippen LogP contribution in [0, 0.1) is 12.3 Å². The Labute approximate surface area is 265 Å². The van der Waals surface area contributed by atoms with Crippen LogP contribution in [0.3, 0.4) is 0 Å². The molecule has 11 heteroatoms. The van der Waals surface area contributed by atoms with Crippen LogP contribution in [0.5, 0.6) is 0 Å². The van der Waals surface area contributed by atoms with E-state index >= 15 is 0 Å². The van der Waals surface area contributed by atoms with Crippen LogP contribution in [0.25, 0.3) is 10.4 Å². The van der Waals surface area contributed by atoms with Gasteiger partial charge in [0.1, 0.15) is 17.7 Å². The van der Waals surface area contributed by atoms with Crippen molar-refractivity contribution >= 4 is 35.0 Å². The van der Waals surface area contributed by atoms with E-state index in [-0.39, 0.29) is 43.7 Å². The summed E-state index contributed by atoms with van der Waals surface area (Å²) >= 11 is 1.58. The summed E-state index contributed by atoms with van der Waals surface area (Å²) in [7, 11) is 0. The number of hydrogen-bond acceptors (Lipinski definition) is 8. The van der Waals surface area contributed by atoms with Crippen LogP contribution >= 0.6 is 11.3 Å². The largest absolute Gasteiger partial charge is 0.460 e. The van der Waals surface area contributed by atoms with Gasteiger partial charge in [0.2, 0.25) is 17.7 Å². The van der Waals surface area contributed by atoms with Crippen molar-refractivity contribution in [3.05, 3.63) is 41.0 Å². The summed E-state index contributed by atoms with van der Waals surface area (Å²) < 4.78 is 5.31. The van der Waals surface area contributed by atoms with E-state index in [0.717, 1.165) is 21.7 Å². The molecule has 1 aliphatic heterocycles. The number of rotatable bonds is 12. The number of amides is 3. The van der Waals surface area contributed by atoms with Crippen molar-refractivity contribution in [1.29, 1.82) is 0 Å². The van der Waals surface area contributed by atoms with E-state index < -0.39 is 35.1 Å². The van der Waals surface area contributed by atoms with Crippen molar-refractivity contribution in [2.75, 3.05) is 6.54 Å². The zero-order valence-corrected chi connectivity index (χ0v) is 27.9. The fourth-order valence-corrected chi connectivity index (χ4v) is 5.95. The third kappa shape index (κ3) is 10.4. The molecule has 1 aromatic heterocycles. The first-order valence-corrected chi connectivity index (χ1v) is 16.2. The van der Waals surface area contributed by atoms with Gasteiger partial charge in [0.15, 0.2) is 0 Å². The average Bonchev–Trinajstić information content (AvgIpc) is 3.53. The molecule has 10 nitrogen and oxygen atoms in total. The molecular formula is C33H48N4O6S. The van der Waals surface area contributed by atoms with E-state index in [2.05, 4.69) is 15.6 Å². The molecule has 0 saturated carbocycles. The van der Waals surface area contributed by atoms with Crippen molar-refractivity contribution < 1.29 is 29.0 Å². The van der Waals surface area contributed by atoms with Crippen LogP contribution in [0.1, 0.15) is 91.3 Å². The van der Waals surface area contributed by atoms with Gasteiger partial charge < -0.3 is 25.4 Å². The summed E-state index contributed by atoms with van der Waals surface area (Å²) in [5.41, 5.74) is 3.61. The van der Waals surface area contributed by atoms with Crippen LogP contribution in [0.4, 0.5) is 0 Å². The molecule has 3 N–H and O–H groups in total. The third-order valence-corrected chi connectivity index (χ3v) is 8.39. The van der Waals surface area contributed by atoms with Crippen molar-refractivity contribution in [3.63, 3.8) is 0 Å². The van der Waals surface area contributed by atoms with Gasteiger partial charge in [-0.25, -0.2) is 4.98 Å². The SMILES string of the molecule is Cc1ncsc1-c1ccc(CNC(=O)C2CC(O)CN2C(=O)C(NC(=O)CCCCCC(=O)OC(C)(C)C)C(C)(C)C)cc1. The molecule has 2 heterocycles. The van der Waals surface area contributed by atoms with E-state index in [1.54, 1.807) is 11.3 Å². The van der Waals surface area contributed by atoms with Gasteiger partial charge in [-0.3, -0.25) is 19.2 Å². The topological polar surface area (TPSA) is 138 Å². The molecule has 1 fully saturated rings. The number of β-amino-alcohol motifs (C(OH)–C–C–N with tert-alkyl or cyclic N) is 1. The maximum absolute atomic E-state index is 13.8. The number of aliphatic hydroxyl groups is 1. The maximum Gasteiger partial charge on any atom is 0.306 e. The number of ether oxygens (including phenoxy) is 1. The molecule has 0 spiro atoms. The Balaban J connectivity index is 1.54. The van der Waals surface area contributed by atoms with Crippen LogP contribution < -0.4 is 10.6 Å². The fraction of sp³-hybridized carbons (Fsp3) is 0.606. The number of thiazole rings is 1. The highest BCUT2D eigenvalue weighted by Gasteiger charge is 2.44. The lowest BCUT2D eigenvalue weighted by Gasteiger charge is -2.35. The minimum Gasteiger partial charge on any atom is -0.460 e. The van der Waals surface area contributed by atoms with Crippen LogP contribution in [-0.4, -0.2) is 69.0 Å². The lowest BCUT2D eigenvalue weighted by atomic mass is 9.85. The van der Waals surface area contributed by atoms with Gasteiger partial charge in [0.25, 0.3) is 0 Å². The molecule has 2 aromatic rings. The van der Waals surface area contributed by atoms with Gasteiger partial charge in [0, 0.05) is 32.4 Å². The van der Waals surface area contributed by atoms with Crippen LogP contribution in [-0.2, 0) is 30.5 Å². The summed E-state index contributed by atoms with van der Waals surface area (Å²) in [6.07, 6.45) is 1.65. The summed E-state index contributed by atoms with van der Waals surface area (Å²) in [5.74, 6) is -1.27. The number of nitrogens with zero attached hydrogens (tertiary/aromatic N) is 2. The lowest BCUT2D eigenvalue weighted by molar-refractivity contribution is -0.155. The molecule has 242 valence electrons. The number of likely N-dealkylation sites (tertiary alicyclic amines) is 1. The van der Waals surface area contributed by atoms with Gasteiger partial charge in [-0.1, -0.05) is 51.5 Å². The Morgan fingerprint density at radius 3 is 2.30 bits per heavy atom. The second-order valence-electron chi connectivity index (χ2n) is 13.6. The Morgan fingerprint density at radius 2 is 1.70 bits per heavy atom. The van der Waals surface area contributed by atoms with Crippen molar-refractivity contribution in [3.8, 4) is 10.4 Å². The first kappa shape index (κ1) is 35.2. The Bertz CT molecular complexity index is 1290. The number of hydrogen-bond donors (Lipinski definition) is 3. The highest BCUT2D eigenvalue weighted by molar-refractivity contribution is 7.13. The first-order chi connectivity index (χ1) is 20.5. The van der Waals surface area contributed by atoms with Gasteiger partial charge in [-0.15, -0.1) is 11.3 Å². The van der Waals surface area contributed by atoms with Crippen LogP contribution in [0.15, 0.2) is 29.8 Å². The summed E-state index contributed by atoms with van der Waals surface area (Å²) in [6.45, 7) is 13.3. The zero-order valence-electron chi connectivity index (χ0n) is 27.1. The summed E-state index contributed by atoms with van der Waals surface area (Å²) in [4.78, 5) is 58.6. The number of aryl methyl sites for hydroxylation is 1. The molecule has 3 unspecified atom stereocenters. The van der Waals surface area contributed by atoms with Crippen LogP contribution in [0.2, 0.25) is 0 Å². The summed E-state index contributed by atoms with van der Waals surface area (Å²) in [5, 5.41) is 16.2. The number of aromatic nitrogens is 1. The summed E-state index contributed by atoms with van der Waals surface area (Å²) in [6, 6.07) is 6.17. The minimum absolute atomic E-state index is 0.0208. The van der Waals surface area contributed by atoms with Crippen molar-refractivity contribution in [1.82, 2.24) is 20.5 Å². The molecule has 0 radical (unpaired) electrons. The number of carbonyl (C=O) groups excluding carboxylic acids is 4. The first-order valence-electron chi connectivity index (χ1n) is 15.3.